The molecule has 0 aromatic carbocycles. The van der Waals surface area contributed by atoms with Gasteiger partial charge in [-0.2, -0.15) is 0 Å². The van der Waals surface area contributed by atoms with Crippen LogP contribution in [0.2, 0.25) is 0 Å². The Hall–Kier alpha value is -1.59. The van der Waals surface area contributed by atoms with Gasteiger partial charge >= 0.3 is 0 Å². The van der Waals surface area contributed by atoms with Crippen molar-refractivity contribution >= 4 is 17.7 Å². The zero-order valence-corrected chi connectivity index (χ0v) is 18.8. The van der Waals surface area contributed by atoms with Gasteiger partial charge in [0.2, 0.25) is 17.7 Å². The van der Waals surface area contributed by atoms with Crippen molar-refractivity contribution in [2.75, 3.05) is 26.2 Å². The van der Waals surface area contributed by atoms with Crippen LogP contribution in [0.3, 0.4) is 0 Å². The van der Waals surface area contributed by atoms with Crippen LogP contribution in [-0.2, 0) is 14.4 Å². The molecule has 1 aliphatic heterocycles. The number of amides is 3. The topological polar surface area (TPSA) is 78.5 Å². The largest absolute Gasteiger partial charge is 0.356 e. The molecule has 2 N–H and O–H groups in total. The fourth-order valence-electron chi connectivity index (χ4n) is 7.86. The Balaban J connectivity index is 1.08. The summed E-state index contributed by atoms with van der Waals surface area (Å²) in [5.74, 6) is 4.46. The molecule has 0 aromatic rings. The standard InChI is InChI=1S/C25H39N3O3/c29-22-15-28(13-12-26-22)25(31)19-6-4-16(5-7-19)14-27-24(30)21-11-10-18-9-8-17-2-1-3-20(21)23(17)18/h16-21,23H,1-15H2,(H,26,29)(H,27,30). The first kappa shape index (κ1) is 21.3. The first-order valence-electron chi connectivity index (χ1n) is 12.9. The second-order valence-electron chi connectivity index (χ2n) is 11.0. The van der Waals surface area contributed by atoms with E-state index < -0.39 is 0 Å². The molecule has 1 heterocycles. The number of nitrogens with one attached hydrogen (secondary N) is 2. The molecule has 5 rings (SSSR count). The summed E-state index contributed by atoms with van der Waals surface area (Å²) in [4.78, 5) is 39.2. The van der Waals surface area contributed by atoms with Gasteiger partial charge < -0.3 is 15.5 Å². The van der Waals surface area contributed by atoms with E-state index in [4.69, 9.17) is 0 Å². The molecule has 3 amide bonds. The van der Waals surface area contributed by atoms with Crippen LogP contribution in [0, 0.1) is 41.4 Å². The fourth-order valence-corrected chi connectivity index (χ4v) is 7.86. The van der Waals surface area contributed by atoms with E-state index in [1.54, 1.807) is 4.90 Å². The third kappa shape index (κ3) is 4.36. The van der Waals surface area contributed by atoms with E-state index in [1.807, 2.05) is 0 Å². The highest BCUT2D eigenvalue weighted by atomic mass is 16.2. The van der Waals surface area contributed by atoms with E-state index >= 15 is 0 Å². The first-order valence-corrected chi connectivity index (χ1v) is 12.9. The predicted octanol–water partition coefficient (Wildman–Crippen LogP) is 2.72. The Bertz CT molecular complexity index is 696. The SMILES string of the molecule is O=C1CN(C(=O)C2CCC(CNC(=O)C3CCC4CCC5CCCC3C54)CC2)CCN1. The highest BCUT2D eigenvalue weighted by molar-refractivity contribution is 5.87. The summed E-state index contributed by atoms with van der Waals surface area (Å²) >= 11 is 0. The molecule has 31 heavy (non-hydrogen) atoms. The van der Waals surface area contributed by atoms with Gasteiger partial charge in [0, 0.05) is 31.5 Å². The number of carbonyl (C=O) groups excluding carboxylic acids is 3. The highest BCUT2D eigenvalue weighted by Gasteiger charge is 2.49. The third-order valence-corrected chi connectivity index (χ3v) is 9.42. The van der Waals surface area contributed by atoms with Gasteiger partial charge in [-0.05, 0) is 87.4 Å². The molecule has 6 nitrogen and oxygen atoms in total. The van der Waals surface area contributed by atoms with Gasteiger partial charge in [0.05, 0.1) is 6.54 Å². The second kappa shape index (κ2) is 9.11. The lowest BCUT2D eigenvalue weighted by molar-refractivity contribution is -0.142. The number of nitrogens with zero attached hydrogens (tertiary/aromatic N) is 1. The van der Waals surface area contributed by atoms with Crippen molar-refractivity contribution in [3.63, 3.8) is 0 Å². The fraction of sp³-hybridized carbons (Fsp3) is 0.880. The molecule has 4 aliphatic carbocycles. The van der Waals surface area contributed by atoms with Crippen LogP contribution in [0.4, 0.5) is 0 Å². The molecule has 0 radical (unpaired) electrons. The lowest BCUT2D eigenvalue weighted by Crippen LogP contribution is -2.52. The maximum atomic E-state index is 13.1. The Morgan fingerprint density at radius 2 is 1.68 bits per heavy atom. The molecule has 6 heteroatoms. The minimum atomic E-state index is -0.0491. The van der Waals surface area contributed by atoms with Crippen molar-refractivity contribution < 1.29 is 14.4 Å². The zero-order valence-electron chi connectivity index (χ0n) is 18.8. The van der Waals surface area contributed by atoms with Crippen molar-refractivity contribution in [1.82, 2.24) is 15.5 Å². The quantitative estimate of drug-likeness (QED) is 0.721. The van der Waals surface area contributed by atoms with Crippen molar-refractivity contribution in [2.45, 2.75) is 70.6 Å². The summed E-state index contributed by atoms with van der Waals surface area (Å²) in [6.45, 7) is 2.18. The van der Waals surface area contributed by atoms with Crippen LogP contribution in [0.25, 0.3) is 0 Å². The normalized spacial score (nSPS) is 40.1. The average Bonchev–Trinajstić information content (AvgIpc) is 3.22. The number of rotatable bonds is 4. The van der Waals surface area contributed by atoms with E-state index in [0.29, 0.717) is 30.8 Å². The molecule has 5 unspecified atom stereocenters. The summed E-state index contributed by atoms with van der Waals surface area (Å²) in [5, 5.41) is 6.11. The summed E-state index contributed by atoms with van der Waals surface area (Å²) in [6, 6.07) is 0. The zero-order chi connectivity index (χ0) is 21.4. The number of hydrogen-bond donors (Lipinski definition) is 2. The van der Waals surface area contributed by atoms with Crippen LogP contribution in [-0.4, -0.2) is 48.8 Å². The maximum absolute atomic E-state index is 13.1. The summed E-state index contributed by atoms with van der Waals surface area (Å²) in [6.07, 6.45) is 12.9. The lowest BCUT2D eigenvalue weighted by Gasteiger charge is -2.45. The minimum absolute atomic E-state index is 0.0491. The Kier molecular flexibility index (Phi) is 6.25. The van der Waals surface area contributed by atoms with E-state index in [2.05, 4.69) is 10.6 Å². The summed E-state index contributed by atoms with van der Waals surface area (Å²) < 4.78 is 0. The Morgan fingerprint density at radius 1 is 0.935 bits per heavy atom. The van der Waals surface area contributed by atoms with E-state index in [9.17, 15) is 14.4 Å². The van der Waals surface area contributed by atoms with Gasteiger partial charge in [0.25, 0.3) is 0 Å². The Morgan fingerprint density at radius 3 is 2.45 bits per heavy atom. The monoisotopic (exact) mass is 429 g/mol. The van der Waals surface area contributed by atoms with Crippen LogP contribution < -0.4 is 10.6 Å². The van der Waals surface area contributed by atoms with Gasteiger partial charge in [-0.15, -0.1) is 0 Å². The van der Waals surface area contributed by atoms with E-state index in [0.717, 1.165) is 56.4 Å². The van der Waals surface area contributed by atoms with Crippen molar-refractivity contribution in [1.29, 1.82) is 0 Å². The summed E-state index contributed by atoms with van der Waals surface area (Å²) in [7, 11) is 0. The van der Waals surface area contributed by atoms with Crippen molar-refractivity contribution in [2.24, 2.45) is 41.4 Å². The molecule has 5 aliphatic rings. The number of hydrogen-bond acceptors (Lipinski definition) is 3. The average molecular weight is 430 g/mol. The molecule has 1 saturated heterocycles. The van der Waals surface area contributed by atoms with Crippen LogP contribution >= 0.6 is 0 Å². The molecule has 0 bridgehead atoms. The van der Waals surface area contributed by atoms with Crippen LogP contribution in [0.15, 0.2) is 0 Å². The van der Waals surface area contributed by atoms with Gasteiger partial charge in [0.15, 0.2) is 0 Å². The molecule has 4 saturated carbocycles. The Labute approximate surface area is 186 Å². The summed E-state index contributed by atoms with van der Waals surface area (Å²) in [5.41, 5.74) is 0. The van der Waals surface area contributed by atoms with Crippen LogP contribution in [0.1, 0.15) is 70.6 Å². The second-order valence-corrected chi connectivity index (χ2v) is 11.0. The van der Waals surface area contributed by atoms with E-state index in [1.165, 1.54) is 38.5 Å². The van der Waals surface area contributed by atoms with Crippen molar-refractivity contribution in [3.8, 4) is 0 Å². The number of piperazine rings is 1. The number of carbonyl (C=O) groups is 3. The third-order valence-electron chi connectivity index (χ3n) is 9.42. The van der Waals surface area contributed by atoms with Gasteiger partial charge in [-0.3, -0.25) is 14.4 Å². The van der Waals surface area contributed by atoms with Gasteiger partial charge in [-0.1, -0.05) is 12.8 Å². The van der Waals surface area contributed by atoms with E-state index in [-0.39, 0.29) is 30.2 Å². The molecule has 172 valence electrons. The minimum Gasteiger partial charge on any atom is -0.356 e. The molecule has 5 atom stereocenters. The van der Waals surface area contributed by atoms with Gasteiger partial charge in [-0.25, -0.2) is 0 Å². The predicted molar refractivity (Wildman–Crippen MR) is 118 cm³/mol. The molecule has 0 aromatic heterocycles. The highest BCUT2D eigenvalue weighted by Crippen LogP contribution is 2.56. The lowest BCUT2D eigenvalue weighted by atomic mass is 9.60. The maximum Gasteiger partial charge on any atom is 0.239 e. The molecular formula is C25H39N3O3. The molecule has 5 fully saturated rings. The first-order chi connectivity index (χ1) is 15.1. The molecular weight excluding hydrogens is 390 g/mol. The van der Waals surface area contributed by atoms with Crippen molar-refractivity contribution in [3.05, 3.63) is 0 Å². The smallest absolute Gasteiger partial charge is 0.239 e. The van der Waals surface area contributed by atoms with Gasteiger partial charge in [0.1, 0.15) is 0 Å². The van der Waals surface area contributed by atoms with Crippen LogP contribution in [0.5, 0.6) is 0 Å². The molecule has 0 spiro atoms.